The maximum atomic E-state index is 9.98. The molecule has 0 radical (unpaired) electrons. The van der Waals surface area contributed by atoms with E-state index in [1.807, 2.05) is 0 Å². The predicted molar refractivity (Wildman–Crippen MR) is 126 cm³/mol. The Morgan fingerprint density at radius 1 is 1.16 bits per heavy atom. The molecule has 0 bridgehead atoms. The Morgan fingerprint density at radius 2 is 1.84 bits per heavy atom. The van der Waals surface area contributed by atoms with E-state index < -0.39 is 0 Å². The van der Waals surface area contributed by atoms with Crippen LogP contribution in [0.4, 0.5) is 0 Å². The third-order valence-electron chi connectivity index (χ3n) is 6.08. The van der Waals surface area contributed by atoms with E-state index in [0.29, 0.717) is 18.0 Å². The van der Waals surface area contributed by atoms with Crippen molar-refractivity contribution in [2.75, 3.05) is 6.54 Å². The fourth-order valence-corrected chi connectivity index (χ4v) is 4.48. The second-order valence-corrected chi connectivity index (χ2v) is 9.01. The van der Waals surface area contributed by atoms with Gasteiger partial charge >= 0.3 is 20.4 Å². The summed E-state index contributed by atoms with van der Waals surface area (Å²) in [5.41, 5.74) is 1.20. The third-order valence-corrected chi connectivity index (χ3v) is 6.08. The van der Waals surface area contributed by atoms with Crippen molar-refractivity contribution in [2.24, 2.45) is 10.9 Å². The molecule has 5 heteroatoms. The van der Waals surface area contributed by atoms with E-state index in [1.165, 1.54) is 68.1 Å². The summed E-state index contributed by atoms with van der Waals surface area (Å²) in [6, 6.07) is 17.4. The summed E-state index contributed by atoms with van der Waals surface area (Å²) < 4.78 is 0. The van der Waals surface area contributed by atoms with Crippen LogP contribution in [0.2, 0.25) is 0 Å². The van der Waals surface area contributed by atoms with E-state index in [-0.39, 0.29) is 32.0 Å². The number of allylic oxidation sites excluding steroid dienone is 2. The molecular formula is C27H34N2O2Pd. The van der Waals surface area contributed by atoms with E-state index >= 15 is 0 Å². The first kappa shape index (κ1) is 26.3. The van der Waals surface area contributed by atoms with E-state index in [1.54, 1.807) is 0 Å². The Kier molecular flexibility index (Phi) is 10.1. The minimum Gasteiger partial charge on any atom is -0.876 e. The molecule has 1 saturated carbocycles. The van der Waals surface area contributed by atoms with Gasteiger partial charge in [-0.2, -0.15) is 0 Å². The van der Waals surface area contributed by atoms with Crippen LogP contribution in [-0.4, -0.2) is 35.1 Å². The predicted octanol–water partition coefficient (Wildman–Crippen LogP) is 4.90. The quantitative estimate of drug-likeness (QED) is 0.247. The Morgan fingerprint density at radius 3 is 2.44 bits per heavy atom. The third kappa shape index (κ3) is 6.77. The smallest absolute Gasteiger partial charge is 0.876 e. The van der Waals surface area contributed by atoms with Crippen molar-refractivity contribution in [2.45, 2.75) is 71.9 Å². The van der Waals surface area contributed by atoms with Crippen molar-refractivity contribution in [1.29, 1.82) is 0 Å². The van der Waals surface area contributed by atoms with Gasteiger partial charge in [-0.1, -0.05) is 69.7 Å². The van der Waals surface area contributed by atoms with E-state index in [2.05, 4.69) is 61.2 Å². The average Bonchev–Trinajstić information content (AvgIpc) is 3.19. The van der Waals surface area contributed by atoms with Crippen LogP contribution in [0.1, 0.15) is 65.4 Å². The summed E-state index contributed by atoms with van der Waals surface area (Å²) in [7, 11) is 0. The van der Waals surface area contributed by atoms with Gasteiger partial charge in [-0.3, -0.25) is 4.79 Å². The first-order valence-corrected chi connectivity index (χ1v) is 11.5. The molecule has 2 aromatic rings. The molecule has 32 heavy (non-hydrogen) atoms. The van der Waals surface area contributed by atoms with Gasteiger partial charge in [0.2, 0.25) is 0 Å². The summed E-state index contributed by atoms with van der Waals surface area (Å²) in [6.07, 6.45) is 7.80. The minimum absolute atomic E-state index is 0. The standard InChI is InChI=1S/C22H27N2.C5H8O2.Pd/c1-16(2)21-15-24(18-11-4-3-5-12-18)22(23-21)20-14-8-10-17-9-6-7-13-19(17)20;1-4(6)3-5(2)7;/h6-10,13,16,18,21H,3-5,11-12,15H2,1-2H3;3,6H,1-2H3;/q-1;;+2/p-1/b;4-3-;/t21-;;/m1../s1. The van der Waals surface area contributed by atoms with Crippen molar-refractivity contribution in [3.8, 4) is 0 Å². The molecule has 0 saturated heterocycles. The molecular weight excluding hydrogens is 491 g/mol. The monoisotopic (exact) mass is 524 g/mol. The molecule has 2 aliphatic rings. The zero-order valence-electron chi connectivity index (χ0n) is 19.5. The Hall–Kier alpha value is -1.96. The Bertz CT molecular complexity index is 952. The number of aliphatic imine (C=N–C) groups is 1. The SMILES string of the molecule is CC(=O)/C=C(/C)[O-].CC(C)[C@H]1CN(C2CCCCC2)C(c2[c-]ccc3ccccc23)=N1.[Pd+2]. The Labute approximate surface area is 206 Å². The molecule has 2 aromatic carbocycles. The number of carbonyl (C=O) groups excluding carboxylic acids is 1. The van der Waals surface area contributed by atoms with Gasteiger partial charge in [0.1, 0.15) is 0 Å². The number of benzene rings is 2. The summed E-state index contributed by atoms with van der Waals surface area (Å²) in [6.45, 7) is 8.36. The second-order valence-electron chi connectivity index (χ2n) is 9.01. The molecule has 4 nitrogen and oxygen atoms in total. The fourth-order valence-electron chi connectivity index (χ4n) is 4.48. The molecule has 0 N–H and O–H groups in total. The molecule has 1 atom stereocenters. The number of ketones is 1. The largest absolute Gasteiger partial charge is 2.00 e. The molecule has 1 fully saturated rings. The average molecular weight is 525 g/mol. The van der Waals surface area contributed by atoms with Crippen molar-refractivity contribution < 1.29 is 30.3 Å². The van der Waals surface area contributed by atoms with Gasteiger partial charge < -0.3 is 15.0 Å². The van der Waals surface area contributed by atoms with Crippen LogP contribution in [0.5, 0.6) is 0 Å². The molecule has 1 heterocycles. The van der Waals surface area contributed by atoms with Gasteiger partial charge in [-0.15, -0.1) is 34.9 Å². The van der Waals surface area contributed by atoms with Gasteiger partial charge in [0.25, 0.3) is 0 Å². The van der Waals surface area contributed by atoms with Gasteiger partial charge in [0.05, 0.1) is 6.04 Å². The van der Waals surface area contributed by atoms with Crippen molar-refractivity contribution in [3.05, 3.63) is 59.9 Å². The van der Waals surface area contributed by atoms with E-state index in [9.17, 15) is 9.90 Å². The number of nitrogens with zero attached hydrogens (tertiary/aromatic N) is 2. The van der Waals surface area contributed by atoms with Crippen LogP contribution in [0, 0.1) is 12.0 Å². The molecule has 0 aromatic heterocycles. The summed E-state index contributed by atoms with van der Waals surface area (Å²) in [5.74, 6) is 1.40. The number of hydrogen-bond donors (Lipinski definition) is 0. The Balaban J connectivity index is 0.000000398. The first-order chi connectivity index (χ1) is 14.9. The maximum Gasteiger partial charge on any atom is 2.00 e. The number of hydrogen-bond acceptors (Lipinski definition) is 4. The molecule has 174 valence electrons. The van der Waals surface area contributed by atoms with Crippen molar-refractivity contribution >= 4 is 22.4 Å². The normalized spacial score (nSPS) is 19.3. The first-order valence-electron chi connectivity index (χ1n) is 11.5. The van der Waals surface area contributed by atoms with Gasteiger partial charge in [-0.25, -0.2) is 0 Å². The molecule has 0 amide bonds. The van der Waals surface area contributed by atoms with Crippen LogP contribution in [0.3, 0.4) is 0 Å². The van der Waals surface area contributed by atoms with Crippen molar-refractivity contribution in [1.82, 2.24) is 4.90 Å². The molecule has 1 aliphatic heterocycles. The second kappa shape index (κ2) is 12.3. The zero-order valence-corrected chi connectivity index (χ0v) is 21.1. The van der Waals surface area contributed by atoms with Crippen LogP contribution in [-0.2, 0) is 25.2 Å². The van der Waals surface area contributed by atoms with Gasteiger partial charge in [0.15, 0.2) is 5.78 Å². The molecule has 4 rings (SSSR count). The summed E-state index contributed by atoms with van der Waals surface area (Å²) in [5, 5.41) is 12.5. The minimum atomic E-state index is -0.187. The fraction of sp³-hybridized carbons (Fsp3) is 0.481. The van der Waals surface area contributed by atoms with E-state index in [4.69, 9.17) is 4.99 Å². The van der Waals surface area contributed by atoms with Gasteiger partial charge in [-0.05, 0) is 31.8 Å². The molecule has 0 unspecified atom stereocenters. The molecule has 1 aliphatic carbocycles. The number of amidine groups is 1. The number of fused-ring (bicyclic) bond motifs is 1. The topological polar surface area (TPSA) is 55.7 Å². The number of carbonyl (C=O) groups is 1. The maximum absolute atomic E-state index is 9.98. The van der Waals surface area contributed by atoms with Crippen molar-refractivity contribution in [3.63, 3.8) is 0 Å². The van der Waals surface area contributed by atoms with Crippen LogP contribution >= 0.6 is 0 Å². The summed E-state index contributed by atoms with van der Waals surface area (Å²) >= 11 is 0. The molecule has 0 spiro atoms. The van der Waals surface area contributed by atoms with Crippen LogP contribution < -0.4 is 5.11 Å². The van der Waals surface area contributed by atoms with Gasteiger partial charge in [0, 0.05) is 18.4 Å². The van der Waals surface area contributed by atoms with E-state index in [0.717, 1.165) is 12.6 Å². The zero-order chi connectivity index (χ0) is 22.4. The van der Waals surface area contributed by atoms with Crippen LogP contribution in [0.15, 0.2) is 53.2 Å². The van der Waals surface area contributed by atoms with Crippen LogP contribution in [0.25, 0.3) is 10.8 Å². The number of rotatable bonds is 4. The summed E-state index contributed by atoms with van der Waals surface area (Å²) in [4.78, 5) is 17.8.